The van der Waals surface area contributed by atoms with Crippen LogP contribution in [0.5, 0.6) is 0 Å². The van der Waals surface area contributed by atoms with E-state index in [2.05, 4.69) is 176 Å². The molecule has 0 saturated heterocycles. The Kier molecular flexibility index (Phi) is 6.20. The van der Waals surface area contributed by atoms with E-state index >= 15 is 0 Å². The number of para-hydroxylation sites is 1. The van der Waals surface area contributed by atoms with Gasteiger partial charge in [0.05, 0.1) is 11.1 Å². The molecule has 1 aliphatic rings. The summed E-state index contributed by atoms with van der Waals surface area (Å²) in [6, 6.07) is 58.8. The van der Waals surface area contributed by atoms with E-state index in [1.54, 1.807) is 0 Å². The number of rotatable bonds is 5. The smallest absolute Gasteiger partial charge is 0.137 e. The molecule has 0 spiro atoms. The van der Waals surface area contributed by atoms with Gasteiger partial charge in [0.2, 0.25) is 0 Å². The van der Waals surface area contributed by atoms with Gasteiger partial charge >= 0.3 is 0 Å². The monoisotopic (exact) mass is 603 g/mol. The highest BCUT2D eigenvalue weighted by molar-refractivity contribution is 6.13. The number of hydrogen-bond donors (Lipinski definition) is 0. The van der Waals surface area contributed by atoms with Gasteiger partial charge in [0, 0.05) is 22.2 Å². The molecule has 1 aliphatic carbocycles. The van der Waals surface area contributed by atoms with Gasteiger partial charge in [-0.1, -0.05) is 135 Å². The van der Waals surface area contributed by atoms with Crippen molar-refractivity contribution in [3.63, 3.8) is 0 Å². The summed E-state index contributed by atoms with van der Waals surface area (Å²) < 4.78 is 6.37. The maximum atomic E-state index is 6.37. The molecule has 0 amide bonds. The predicted molar refractivity (Wildman–Crippen MR) is 197 cm³/mol. The van der Waals surface area contributed by atoms with E-state index < -0.39 is 0 Å². The summed E-state index contributed by atoms with van der Waals surface area (Å²) in [7, 11) is 0. The van der Waals surface area contributed by atoms with E-state index in [4.69, 9.17) is 4.42 Å². The Morgan fingerprint density at radius 1 is 0.468 bits per heavy atom. The summed E-state index contributed by atoms with van der Waals surface area (Å²) in [6.07, 6.45) is 0. The maximum absolute atomic E-state index is 6.37. The zero-order valence-corrected chi connectivity index (χ0v) is 26.4. The fourth-order valence-electron chi connectivity index (χ4n) is 7.58. The molecule has 9 rings (SSSR count). The van der Waals surface area contributed by atoms with Crippen LogP contribution in [0.1, 0.15) is 25.0 Å². The summed E-state index contributed by atoms with van der Waals surface area (Å²) >= 11 is 0. The Morgan fingerprint density at radius 3 is 1.89 bits per heavy atom. The highest BCUT2D eigenvalue weighted by atomic mass is 16.3. The molecular formula is C45H33NO. The first-order chi connectivity index (χ1) is 23.1. The molecule has 2 nitrogen and oxygen atoms in total. The van der Waals surface area contributed by atoms with E-state index in [1.165, 1.54) is 44.5 Å². The molecule has 224 valence electrons. The topological polar surface area (TPSA) is 16.4 Å². The van der Waals surface area contributed by atoms with Crippen molar-refractivity contribution in [1.82, 2.24) is 0 Å². The molecule has 8 aromatic rings. The van der Waals surface area contributed by atoms with Crippen LogP contribution in [0.25, 0.3) is 55.3 Å². The fraction of sp³-hybridized carbons (Fsp3) is 0.0667. The van der Waals surface area contributed by atoms with Crippen LogP contribution in [0.4, 0.5) is 17.1 Å². The number of furan rings is 1. The van der Waals surface area contributed by atoms with Crippen molar-refractivity contribution in [3.8, 4) is 33.4 Å². The molecule has 1 aromatic heterocycles. The number of fused-ring (bicyclic) bond motifs is 6. The van der Waals surface area contributed by atoms with Crippen LogP contribution in [0.3, 0.4) is 0 Å². The van der Waals surface area contributed by atoms with Gasteiger partial charge in [-0.2, -0.15) is 0 Å². The third-order valence-corrected chi connectivity index (χ3v) is 9.88. The Balaban J connectivity index is 1.26. The molecule has 0 aliphatic heterocycles. The molecule has 0 unspecified atom stereocenters. The van der Waals surface area contributed by atoms with Crippen molar-refractivity contribution in [2.75, 3.05) is 4.90 Å². The van der Waals surface area contributed by atoms with Crippen LogP contribution in [0.2, 0.25) is 0 Å². The molecule has 0 bridgehead atoms. The molecule has 2 heteroatoms. The van der Waals surface area contributed by atoms with E-state index in [9.17, 15) is 0 Å². The molecule has 0 N–H and O–H groups in total. The van der Waals surface area contributed by atoms with Crippen LogP contribution in [0.15, 0.2) is 168 Å². The lowest BCUT2D eigenvalue weighted by Crippen LogP contribution is -2.16. The van der Waals surface area contributed by atoms with Gasteiger partial charge in [0.1, 0.15) is 11.2 Å². The predicted octanol–water partition coefficient (Wildman–Crippen LogP) is 12.7. The van der Waals surface area contributed by atoms with Crippen molar-refractivity contribution in [1.29, 1.82) is 0 Å². The highest BCUT2D eigenvalue weighted by Gasteiger charge is 2.37. The molecule has 0 atom stereocenters. The second-order valence-corrected chi connectivity index (χ2v) is 12.9. The number of nitrogens with zero attached hydrogens (tertiary/aromatic N) is 1. The summed E-state index contributed by atoms with van der Waals surface area (Å²) in [5.41, 5.74) is 15.2. The third kappa shape index (κ3) is 4.33. The second kappa shape index (κ2) is 10.6. The van der Waals surface area contributed by atoms with Crippen LogP contribution in [0, 0.1) is 0 Å². The van der Waals surface area contributed by atoms with Crippen molar-refractivity contribution in [3.05, 3.63) is 175 Å². The van der Waals surface area contributed by atoms with Crippen LogP contribution in [-0.4, -0.2) is 0 Å². The van der Waals surface area contributed by atoms with E-state index in [-0.39, 0.29) is 5.41 Å². The molecule has 47 heavy (non-hydrogen) atoms. The van der Waals surface area contributed by atoms with Gasteiger partial charge in [0.15, 0.2) is 0 Å². The van der Waals surface area contributed by atoms with Gasteiger partial charge in [0.25, 0.3) is 0 Å². The van der Waals surface area contributed by atoms with Crippen LogP contribution >= 0.6 is 0 Å². The maximum Gasteiger partial charge on any atom is 0.137 e. The molecule has 1 heterocycles. The Bertz CT molecular complexity index is 2420. The molecule has 7 aromatic carbocycles. The first-order valence-corrected chi connectivity index (χ1v) is 16.3. The SMILES string of the molecule is CC1(C)c2cc(N(c3ccc(-c4ccccc4)cc3)c3cccc4oc5ccccc5c34)ccc2-c2c(-c3ccccc3)cccc21. The van der Waals surface area contributed by atoms with Crippen molar-refractivity contribution in [2.45, 2.75) is 19.3 Å². The normalized spacial score (nSPS) is 13.1. The first kappa shape index (κ1) is 27.5. The van der Waals surface area contributed by atoms with Crippen molar-refractivity contribution >= 4 is 39.0 Å². The van der Waals surface area contributed by atoms with Gasteiger partial charge in [-0.05, 0) is 87.0 Å². The molecule has 0 radical (unpaired) electrons. The lowest BCUT2D eigenvalue weighted by atomic mass is 9.81. The number of benzene rings is 7. The van der Waals surface area contributed by atoms with E-state index in [0.717, 1.165) is 39.0 Å². The minimum absolute atomic E-state index is 0.164. The standard InChI is InChI=1S/C45H33NO/c1-45(2)38-19-11-18-35(32-15-7-4-8-16-32)43(38)36-28-27-34(29-39(36)45)46(33-25-23-31(24-26-33)30-13-5-3-6-14-30)40-20-12-22-42-44(40)37-17-9-10-21-41(37)47-42/h3-29H,1-2H3. The Morgan fingerprint density at radius 2 is 1.11 bits per heavy atom. The molecule has 0 saturated carbocycles. The average Bonchev–Trinajstić information content (AvgIpc) is 3.62. The first-order valence-electron chi connectivity index (χ1n) is 16.3. The summed E-state index contributed by atoms with van der Waals surface area (Å²) in [5, 5.41) is 2.23. The second-order valence-electron chi connectivity index (χ2n) is 12.9. The minimum atomic E-state index is -0.164. The number of anilines is 3. The van der Waals surface area contributed by atoms with Gasteiger partial charge < -0.3 is 9.32 Å². The van der Waals surface area contributed by atoms with E-state index in [0.29, 0.717) is 0 Å². The highest BCUT2D eigenvalue weighted by Crippen LogP contribution is 2.54. The lowest BCUT2D eigenvalue weighted by molar-refractivity contribution is 0.660. The largest absolute Gasteiger partial charge is 0.456 e. The summed E-state index contributed by atoms with van der Waals surface area (Å²) in [4.78, 5) is 2.40. The fourth-order valence-corrected chi connectivity index (χ4v) is 7.58. The molecular weight excluding hydrogens is 571 g/mol. The van der Waals surface area contributed by atoms with Crippen molar-refractivity contribution < 1.29 is 4.42 Å². The van der Waals surface area contributed by atoms with Crippen molar-refractivity contribution in [2.24, 2.45) is 0 Å². The van der Waals surface area contributed by atoms with Gasteiger partial charge in [-0.25, -0.2) is 0 Å². The van der Waals surface area contributed by atoms with Crippen LogP contribution in [-0.2, 0) is 5.41 Å². The Labute approximate surface area is 275 Å². The Hall–Kier alpha value is -5.86. The third-order valence-electron chi connectivity index (χ3n) is 9.88. The van der Waals surface area contributed by atoms with Gasteiger partial charge in [-0.15, -0.1) is 0 Å². The molecule has 0 fully saturated rings. The van der Waals surface area contributed by atoms with Crippen LogP contribution < -0.4 is 4.90 Å². The number of hydrogen-bond acceptors (Lipinski definition) is 2. The lowest BCUT2D eigenvalue weighted by Gasteiger charge is -2.28. The van der Waals surface area contributed by atoms with Gasteiger partial charge in [-0.3, -0.25) is 0 Å². The average molecular weight is 604 g/mol. The van der Waals surface area contributed by atoms with E-state index in [1.807, 2.05) is 6.07 Å². The zero-order chi connectivity index (χ0) is 31.5. The zero-order valence-electron chi connectivity index (χ0n) is 26.4. The minimum Gasteiger partial charge on any atom is -0.456 e. The summed E-state index contributed by atoms with van der Waals surface area (Å²) in [6.45, 7) is 4.72. The quantitative estimate of drug-likeness (QED) is 0.195. The summed E-state index contributed by atoms with van der Waals surface area (Å²) in [5.74, 6) is 0.